The molecule has 0 aromatic carbocycles. The minimum absolute atomic E-state index is 0.193. The highest BCUT2D eigenvalue weighted by Crippen LogP contribution is 2.16. The van der Waals surface area contributed by atoms with Gasteiger partial charge in [0, 0.05) is 24.4 Å². The first-order chi connectivity index (χ1) is 9.93. The molecule has 0 saturated heterocycles. The highest BCUT2D eigenvalue weighted by Gasteiger charge is 2.10. The van der Waals surface area contributed by atoms with E-state index < -0.39 is 0 Å². The van der Waals surface area contributed by atoms with Crippen LogP contribution in [0.2, 0.25) is 0 Å². The molecule has 0 spiro atoms. The molecule has 2 N–H and O–H groups in total. The van der Waals surface area contributed by atoms with E-state index >= 15 is 0 Å². The normalized spacial score (nSPS) is 13.1. The standard InChI is InChI=1S/C17H26N4/c1-6-13(4)17(15-9-7-8-10-19-15)21-16(11-14(5)18)20-12(2)3/h7-10,12,18H,6,11H2,1-5H3,(H,20,21). The Hall–Kier alpha value is -1.97. The molecule has 0 bridgehead atoms. The summed E-state index contributed by atoms with van der Waals surface area (Å²) >= 11 is 0. The number of hydrogen-bond donors (Lipinski definition) is 2. The second kappa shape index (κ2) is 8.35. The van der Waals surface area contributed by atoms with Gasteiger partial charge in [-0.1, -0.05) is 13.0 Å². The van der Waals surface area contributed by atoms with Gasteiger partial charge in [0.05, 0.1) is 11.4 Å². The maximum atomic E-state index is 7.72. The summed E-state index contributed by atoms with van der Waals surface area (Å²) in [6.07, 6.45) is 3.27. The predicted molar refractivity (Wildman–Crippen MR) is 90.8 cm³/mol. The smallest absolute Gasteiger partial charge is 0.107 e. The van der Waals surface area contributed by atoms with Crippen LogP contribution in [0, 0.1) is 5.41 Å². The fraction of sp³-hybridized carbons (Fsp3) is 0.471. The average Bonchev–Trinajstić information content (AvgIpc) is 2.43. The Kier molecular flexibility index (Phi) is 6.79. The molecule has 21 heavy (non-hydrogen) atoms. The molecule has 1 aromatic heterocycles. The van der Waals surface area contributed by atoms with Crippen molar-refractivity contribution in [2.75, 3.05) is 0 Å². The number of aromatic nitrogens is 1. The van der Waals surface area contributed by atoms with Gasteiger partial charge in [-0.25, -0.2) is 0 Å². The van der Waals surface area contributed by atoms with Gasteiger partial charge >= 0.3 is 0 Å². The van der Waals surface area contributed by atoms with Crippen molar-refractivity contribution in [1.82, 2.24) is 10.3 Å². The molecule has 114 valence electrons. The van der Waals surface area contributed by atoms with Crippen LogP contribution >= 0.6 is 0 Å². The fourth-order valence-electron chi connectivity index (χ4n) is 1.91. The molecule has 0 amide bonds. The first kappa shape index (κ1) is 17.1. The molecule has 0 aliphatic carbocycles. The molecule has 0 aliphatic rings. The van der Waals surface area contributed by atoms with Crippen molar-refractivity contribution in [1.29, 1.82) is 5.41 Å². The van der Waals surface area contributed by atoms with E-state index in [0.717, 1.165) is 23.6 Å². The zero-order chi connectivity index (χ0) is 15.8. The number of pyridine rings is 1. The van der Waals surface area contributed by atoms with E-state index in [1.165, 1.54) is 5.57 Å². The van der Waals surface area contributed by atoms with Crippen LogP contribution in [0.15, 0.2) is 35.0 Å². The number of amidine groups is 1. The minimum atomic E-state index is 0.193. The third kappa shape index (κ3) is 5.90. The van der Waals surface area contributed by atoms with Crippen molar-refractivity contribution < 1.29 is 0 Å². The molecule has 0 radical (unpaired) electrons. The van der Waals surface area contributed by atoms with Crippen LogP contribution in [-0.2, 0) is 0 Å². The van der Waals surface area contributed by atoms with E-state index in [2.05, 4.69) is 29.1 Å². The number of aliphatic imine (C=N–C) groups is 1. The van der Waals surface area contributed by atoms with Gasteiger partial charge in [0.2, 0.25) is 0 Å². The Morgan fingerprint density at radius 3 is 2.52 bits per heavy atom. The minimum Gasteiger partial charge on any atom is -0.342 e. The third-order valence-corrected chi connectivity index (χ3v) is 2.99. The monoisotopic (exact) mass is 286 g/mol. The number of nitrogens with zero attached hydrogens (tertiary/aromatic N) is 2. The summed E-state index contributed by atoms with van der Waals surface area (Å²) in [7, 11) is 0. The van der Waals surface area contributed by atoms with Crippen LogP contribution in [0.5, 0.6) is 0 Å². The Labute approximate surface area is 127 Å². The van der Waals surface area contributed by atoms with E-state index in [0.29, 0.717) is 12.1 Å². The van der Waals surface area contributed by atoms with Crippen LogP contribution < -0.4 is 5.32 Å². The maximum absolute atomic E-state index is 7.72. The topological polar surface area (TPSA) is 61.1 Å². The molecule has 4 nitrogen and oxygen atoms in total. The number of hydrogen-bond acceptors (Lipinski definition) is 3. The molecule has 0 atom stereocenters. The largest absolute Gasteiger partial charge is 0.342 e. The van der Waals surface area contributed by atoms with Crippen molar-refractivity contribution in [3.63, 3.8) is 0 Å². The summed E-state index contributed by atoms with van der Waals surface area (Å²) in [4.78, 5) is 9.03. The quantitative estimate of drug-likeness (QED) is 0.612. The first-order valence-electron chi connectivity index (χ1n) is 7.42. The van der Waals surface area contributed by atoms with Gasteiger partial charge in [0.1, 0.15) is 5.84 Å². The van der Waals surface area contributed by atoms with Gasteiger partial charge in [-0.15, -0.1) is 0 Å². The molecule has 0 unspecified atom stereocenters. The molecule has 0 aliphatic heterocycles. The van der Waals surface area contributed by atoms with Gasteiger partial charge in [-0.05, 0) is 51.8 Å². The molecule has 0 saturated carbocycles. The first-order valence-corrected chi connectivity index (χ1v) is 7.42. The van der Waals surface area contributed by atoms with Crippen molar-refractivity contribution in [2.45, 2.75) is 53.5 Å². The number of allylic oxidation sites excluding steroid dienone is 1. The van der Waals surface area contributed by atoms with Gasteiger partial charge in [-0.2, -0.15) is 0 Å². The van der Waals surface area contributed by atoms with Gasteiger partial charge in [-0.3, -0.25) is 9.98 Å². The number of rotatable bonds is 6. The van der Waals surface area contributed by atoms with E-state index in [9.17, 15) is 0 Å². The van der Waals surface area contributed by atoms with Crippen molar-refractivity contribution in [3.8, 4) is 0 Å². The van der Waals surface area contributed by atoms with Crippen LogP contribution in [0.1, 0.15) is 53.2 Å². The molecular weight excluding hydrogens is 260 g/mol. The van der Waals surface area contributed by atoms with Crippen LogP contribution in [0.25, 0.3) is 5.70 Å². The summed E-state index contributed by atoms with van der Waals surface area (Å²) in [5, 5.41) is 11.1. The van der Waals surface area contributed by atoms with Gasteiger partial charge in [0.15, 0.2) is 0 Å². The molecule has 1 rings (SSSR count). The van der Waals surface area contributed by atoms with Crippen LogP contribution in [0.3, 0.4) is 0 Å². The fourth-order valence-corrected chi connectivity index (χ4v) is 1.91. The van der Waals surface area contributed by atoms with Crippen molar-refractivity contribution in [3.05, 3.63) is 35.7 Å². The second-order valence-corrected chi connectivity index (χ2v) is 5.48. The SMILES string of the molecule is CCC(C)=C(NC(CC(C)=N)=NC(C)C)c1ccccn1. The zero-order valence-electron chi connectivity index (χ0n) is 13.7. The molecule has 1 heterocycles. The predicted octanol–water partition coefficient (Wildman–Crippen LogP) is 4.05. The Bertz CT molecular complexity index is 527. The van der Waals surface area contributed by atoms with Crippen LogP contribution in [-0.4, -0.2) is 22.6 Å². The highest BCUT2D eigenvalue weighted by molar-refractivity contribution is 6.04. The average molecular weight is 286 g/mol. The lowest BCUT2D eigenvalue weighted by atomic mass is 10.1. The molecule has 1 aromatic rings. The van der Waals surface area contributed by atoms with E-state index in [1.54, 1.807) is 13.1 Å². The summed E-state index contributed by atoms with van der Waals surface area (Å²) in [6, 6.07) is 6.08. The van der Waals surface area contributed by atoms with Crippen LogP contribution in [0.4, 0.5) is 0 Å². The van der Waals surface area contributed by atoms with Crippen molar-refractivity contribution in [2.24, 2.45) is 4.99 Å². The third-order valence-electron chi connectivity index (χ3n) is 2.99. The zero-order valence-corrected chi connectivity index (χ0v) is 13.7. The number of nitrogens with one attached hydrogen (secondary N) is 2. The maximum Gasteiger partial charge on any atom is 0.107 e. The Morgan fingerprint density at radius 2 is 2.05 bits per heavy atom. The van der Waals surface area contributed by atoms with Crippen molar-refractivity contribution >= 4 is 17.2 Å². The summed E-state index contributed by atoms with van der Waals surface area (Å²) in [5.74, 6) is 0.825. The lowest BCUT2D eigenvalue weighted by Gasteiger charge is -2.16. The second-order valence-electron chi connectivity index (χ2n) is 5.48. The van der Waals surface area contributed by atoms with E-state index in [4.69, 9.17) is 5.41 Å². The van der Waals surface area contributed by atoms with Gasteiger partial charge in [0.25, 0.3) is 0 Å². The lowest BCUT2D eigenvalue weighted by Crippen LogP contribution is -2.26. The summed E-state index contributed by atoms with van der Waals surface area (Å²) in [5.41, 5.74) is 3.74. The molecule has 0 fully saturated rings. The molecular formula is C17H26N4. The highest BCUT2D eigenvalue weighted by atomic mass is 15.0. The Balaban J connectivity index is 3.13. The summed E-state index contributed by atoms with van der Waals surface area (Å²) in [6.45, 7) is 10.1. The lowest BCUT2D eigenvalue weighted by molar-refractivity contribution is 0.825. The van der Waals surface area contributed by atoms with E-state index in [1.807, 2.05) is 32.0 Å². The molecule has 4 heteroatoms. The van der Waals surface area contributed by atoms with Gasteiger partial charge < -0.3 is 10.7 Å². The summed E-state index contributed by atoms with van der Waals surface area (Å²) < 4.78 is 0. The Morgan fingerprint density at radius 1 is 1.33 bits per heavy atom. The van der Waals surface area contributed by atoms with E-state index in [-0.39, 0.29) is 6.04 Å².